The van der Waals surface area contributed by atoms with Crippen LogP contribution in [0, 0.1) is 0 Å². The molecule has 3 nitrogen and oxygen atoms in total. The normalized spacial score (nSPS) is 33.3. The van der Waals surface area contributed by atoms with Gasteiger partial charge >= 0.3 is 0 Å². The first kappa shape index (κ1) is 13.9. The van der Waals surface area contributed by atoms with Crippen molar-refractivity contribution in [1.29, 1.82) is 0 Å². The summed E-state index contributed by atoms with van der Waals surface area (Å²) in [5.74, 6) is 1.06. The van der Waals surface area contributed by atoms with Crippen LogP contribution in [0.3, 0.4) is 0 Å². The van der Waals surface area contributed by atoms with E-state index in [1.54, 1.807) is 0 Å². The van der Waals surface area contributed by atoms with Crippen LogP contribution in [0.5, 0.6) is 5.75 Å². The molecular weight excluding hydrogens is 248 g/mol. The Morgan fingerprint density at radius 2 is 1.80 bits per heavy atom. The van der Waals surface area contributed by atoms with Gasteiger partial charge < -0.3 is 10.1 Å². The number of benzene rings is 1. The average Bonchev–Trinajstić information content (AvgIpc) is 2.35. The number of nitrogens with zero attached hydrogens (tertiary/aromatic N) is 1. The number of hydrogen-bond acceptors (Lipinski definition) is 3. The quantitative estimate of drug-likeness (QED) is 0.852. The van der Waals surface area contributed by atoms with Gasteiger partial charge in [0.1, 0.15) is 11.4 Å². The highest BCUT2D eigenvalue weighted by Crippen LogP contribution is 2.42. The van der Waals surface area contributed by atoms with Crippen LogP contribution in [-0.4, -0.2) is 35.7 Å². The second kappa shape index (κ2) is 5.05. The Morgan fingerprint density at radius 1 is 1.15 bits per heavy atom. The lowest BCUT2D eigenvalue weighted by molar-refractivity contribution is 0.0156. The minimum atomic E-state index is -0.0869. The van der Waals surface area contributed by atoms with Crippen molar-refractivity contribution in [3.8, 4) is 5.75 Å². The second-order valence-electron chi connectivity index (χ2n) is 7.04. The van der Waals surface area contributed by atoms with Crippen molar-refractivity contribution in [1.82, 2.24) is 10.2 Å². The third-order valence-corrected chi connectivity index (χ3v) is 4.38. The molecule has 0 aromatic heterocycles. The number of nitrogens with one attached hydrogen (secondary N) is 1. The van der Waals surface area contributed by atoms with Crippen LogP contribution in [0.2, 0.25) is 0 Å². The molecule has 3 unspecified atom stereocenters. The van der Waals surface area contributed by atoms with Gasteiger partial charge in [-0.3, -0.25) is 4.90 Å². The van der Waals surface area contributed by atoms with Gasteiger partial charge in [-0.2, -0.15) is 0 Å². The summed E-state index contributed by atoms with van der Waals surface area (Å²) < 4.78 is 6.15. The van der Waals surface area contributed by atoms with Crippen LogP contribution in [0.15, 0.2) is 24.3 Å². The lowest BCUT2D eigenvalue weighted by Crippen LogP contribution is -2.56. The number of ether oxygens (including phenoxy) is 1. The molecule has 0 radical (unpaired) electrons. The number of piperazine rings is 1. The highest BCUT2D eigenvalue weighted by atomic mass is 16.5. The molecule has 0 amide bonds. The van der Waals surface area contributed by atoms with E-state index < -0.39 is 0 Å². The summed E-state index contributed by atoms with van der Waals surface area (Å²) in [6.07, 6.45) is 1.06. The van der Waals surface area contributed by atoms with Gasteiger partial charge in [0.25, 0.3) is 0 Å². The third kappa shape index (κ3) is 2.70. The van der Waals surface area contributed by atoms with Crippen LogP contribution >= 0.6 is 0 Å². The summed E-state index contributed by atoms with van der Waals surface area (Å²) in [7, 11) is 0. The fourth-order valence-electron chi connectivity index (χ4n) is 3.71. The Labute approximate surface area is 122 Å². The average molecular weight is 274 g/mol. The zero-order valence-electron chi connectivity index (χ0n) is 13.0. The minimum Gasteiger partial charge on any atom is -0.487 e. The monoisotopic (exact) mass is 274 g/mol. The van der Waals surface area contributed by atoms with Crippen LogP contribution in [-0.2, 0) is 0 Å². The molecule has 20 heavy (non-hydrogen) atoms. The van der Waals surface area contributed by atoms with Crippen LogP contribution in [0.25, 0.3) is 0 Å². The van der Waals surface area contributed by atoms with Crippen LogP contribution < -0.4 is 10.1 Å². The van der Waals surface area contributed by atoms with Crippen molar-refractivity contribution < 1.29 is 4.74 Å². The van der Waals surface area contributed by atoms with Crippen molar-refractivity contribution in [2.75, 3.05) is 13.1 Å². The Kier molecular flexibility index (Phi) is 3.51. The maximum atomic E-state index is 6.15. The van der Waals surface area contributed by atoms with Crippen molar-refractivity contribution in [3.05, 3.63) is 29.8 Å². The molecule has 1 aromatic rings. The molecular formula is C17H26N2O. The van der Waals surface area contributed by atoms with Gasteiger partial charge in [-0.1, -0.05) is 18.2 Å². The molecule has 3 rings (SSSR count). The zero-order valence-corrected chi connectivity index (χ0v) is 13.0. The Bertz CT molecular complexity index is 476. The largest absolute Gasteiger partial charge is 0.487 e. The summed E-state index contributed by atoms with van der Waals surface area (Å²) in [6, 6.07) is 10.1. The SMILES string of the molecule is CC1CN(C2CC(C)(C)Oc3ccccc32)CC(C)N1. The van der Waals surface area contributed by atoms with Gasteiger partial charge in [0.2, 0.25) is 0 Å². The maximum Gasteiger partial charge on any atom is 0.124 e. The number of hydrogen-bond donors (Lipinski definition) is 1. The predicted molar refractivity (Wildman–Crippen MR) is 82.1 cm³/mol. The summed E-state index contributed by atoms with van der Waals surface area (Å²) in [5, 5.41) is 3.62. The summed E-state index contributed by atoms with van der Waals surface area (Å²) >= 11 is 0. The minimum absolute atomic E-state index is 0.0869. The maximum absolute atomic E-state index is 6.15. The molecule has 3 atom stereocenters. The smallest absolute Gasteiger partial charge is 0.124 e. The molecule has 1 saturated heterocycles. The molecule has 0 saturated carbocycles. The standard InChI is InChI=1S/C17H26N2O/c1-12-10-19(11-13(2)18-12)15-9-17(3,4)20-16-8-6-5-7-14(15)16/h5-8,12-13,15,18H,9-11H2,1-4H3. The van der Waals surface area contributed by atoms with Gasteiger partial charge in [-0.25, -0.2) is 0 Å². The second-order valence-corrected chi connectivity index (χ2v) is 7.04. The van der Waals surface area contributed by atoms with Crippen molar-refractivity contribution in [2.24, 2.45) is 0 Å². The topological polar surface area (TPSA) is 24.5 Å². The first-order valence-electron chi connectivity index (χ1n) is 7.73. The van der Waals surface area contributed by atoms with E-state index in [2.05, 4.69) is 62.2 Å². The molecule has 0 aliphatic carbocycles. The lowest BCUT2D eigenvalue weighted by Gasteiger charge is -2.46. The molecule has 1 N–H and O–H groups in total. The fraction of sp³-hybridized carbons (Fsp3) is 0.647. The van der Waals surface area contributed by atoms with E-state index in [0.29, 0.717) is 18.1 Å². The zero-order chi connectivity index (χ0) is 14.3. The highest BCUT2D eigenvalue weighted by Gasteiger charge is 2.38. The molecule has 2 heterocycles. The van der Waals surface area contributed by atoms with E-state index in [1.807, 2.05) is 0 Å². The van der Waals surface area contributed by atoms with E-state index in [-0.39, 0.29) is 5.60 Å². The summed E-state index contributed by atoms with van der Waals surface area (Å²) in [5.41, 5.74) is 1.27. The van der Waals surface area contributed by atoms with E-state index >= 15 is 0 Å². The molecule has 1 fully saturated rings. The van der Waals surface area contributed by atoms with Crippen molar-refractivity contribution >= 4 is 0 Å². The third-order valence-electron chi connectivity index (χ3n) is 4.38. The number of fused-ring (bicyclic) bond motifs is 1. The first-order valence-corrected chi connectivity index (χ1v) is 7.73. The van der Waals surface area contributed by atoms with Crippen molar-refractivity contribution in [2.45, 2.75) is 57.8 Å². The van der Waals surface area contributed by atoms with E-state index in [9.17, 15) is 0 Å². The van der Waals surface area contributed by atoms with Gasteiger partial charge in [0.15, 0.2) is 0 Å². The molecule has 2 aliphatic heterocycles. The van der Waals surface area contributed by atoms with Crippen LogP contribution in [0.4, 0.5) is 0 Å². The molecule has 0 bridgehead atoms. The molecule has 3 heteroatoms. The number of para-hydroxylation sites is 1. The Balaban J connectivity index is 1.92. The summed E-state index contributed by atoms with van der Waals surface area (Å²) in [6.45, 7) is 11.2. The number of rotatable bonds is 1. The first-order chi connectivity index (χ1) is 9.44. The van der Waals surface area contributed by atoms with Gasteiger partial charge in [0, 0.05) is 43.2 Å². The Hall–Kier alpha value is -1.06. The summed E-state index contributed by atoms with van der Waals surface area (Å²) in [4.78, 5) is 2.63. The van der Waals surface area contributed by atoms with Crippen LogP contribution in [0.1, 0.15) is 45.7 Å². The molecule has 110 valence electrons. The predicted octanol–water partition coefficient (Wildman–Crippen LogP) is 2.97. The molecule has 1 aromatic carbocycles. The highest BCUT2D eigenvalue weighted by molar-refractivity contribution is 5.38. The molecule has 0 spiro atoms. The Morgan fingerprint density at radius 3 is 2.50 bits per heavy atom. The van der Waals surface area contributed by atoms with E-state index in [4.69, 9.17) is 4.74 Å². The molecule has 2 aliphatic rings. The van der Waals surface area contributed by atoms with E-state index in [1.165, 1.54) is 5.56 Å². The van der Waals surface area contributed by atoms with Crippen molar-refractivity contribution in [3.63, 3.8) is 0 Å². The lowest BCUT2D eigenvalue weighted by atomic mass is 9.87. The van der Waals surface area contributed by atoms with Gasteiger partial charge in [-0.05, 0) is 33.8 Å². The van der Waals surface area contributed by atoms with Gasteiger partial charge in [-0.15, -0.1) is 0 Å². The fourth-order valence-corrected chi connectivity index (χ4v) is 3.71. The van der Waals surface area contributed by atoms with E-state index in [0.717, 1.165) is 25.3 Å². The van der Waals surface area contributed by atoms with Gasteiger partial charge in [0.05, 0.1) is 0 Å².